The maximum Gasteiger partial charge on any atom is 0.372 e. The molecule has 0 aromatic rings. The number of hydrogen-bond donors (Lipinski definition) is 2. The van der Waals surface area contributed by atoms with Gasteiger partial charge in [0, 0.05) is 13.0 Å². The van der Waals surface area contributed by atoms with Gasteiger partial charge in [0.2, 0.25) is 12.6 Å². The van der Waals surface area contributed by atoms with Crippen LogP contribution < -0.4 is 0 Å². The minimum atomic E-state index is -0.936. The molecule has 0 aliphatic carbocycles. The SMILES string of the molecule is O=C(O)C(CCO)N1C#[N+]CC1. The Morgan fingerprint density at radius 3 is 2.92 bits per heavy atom. The number of nitrogens with zero attached hydrogens (tertiary/aromatic N) is 2. The van der Waals surface area contributed by atoms with Crippen molar-refractivity contribution in [3.8, 4) is 6.19 Å². The summed E-state index contributed by atoms with van der Waals surface area (Å²) in [6, 6.07) is -0.679. The molecular weight excluding hydrogens is 160 g/mol. The third-order valence-corrected chi connectivity index (χ3v) is 1.72. The Hall–Kier alpha value is -1.28. The largest absolute Gasteiger partial charge is 0.478 e. The topological polar surface area (TPSA) is 65.1 Å². The molecule has 0 fully saturated rings. The molecule has 0 saturated heterocycles. The Morgan fingerprint density at radius 1 is 1.75 bits per heavy atom. The average Bonchev–Trinajstić information content (AvgIpc) is 2.51. The Kier molecular flexibility index (Phi) is 2.88. The Bertz CT molecular complexity index is 231. The van der Waals surface area contributed by atoms with E-state index >= 15 is 0 Å². The van der Waals surface area contributed by atoms with Crippen molar-refractivity contribution in [1.82, 2.24) is 4.90 Å². The van der Waals surface area contributed by atoms with Gasteiger partial charge in [0.25, 0.3) is 0 Å². The van der Waals surface area contributed by atoms with Gasteiger partial charge in [-0.1, -0.05) is 0 Å². The summed E-state index contributed by atoms with van der Waals surface area (Å²) in [6.07, 6.45) is 2.81. The van der Waals surface area contributed by atoms with E-state index in [2.05, 4.69) is 11.0 Å². The van der Waals surface area contributed by atoms with Crippen molar-refractivity contribution >= 4 is 5.97 Å². The number of carboxylic acids is 1. The van der Waals surface area contributed by atoms with Crippen LogP contribution >= 0.6 is 0 Å². The molecule has 1 aliphatic rings. The summed E-state index contributed by atoms with van der Waals surface area (Å²) in [5.74, 6) is -0.936. The lowest BCUT2D eigenvalue weighted by Crippen LogP contribution is -2.38. The molecule has 5 nitrogen and oxygen atoms in total. The maximum absolute atomic E-state index is 10.6. The van der Waals surface area contributed by atoms with Crippen LogP contribution in [0.2, 0.25) is 0 Å². The van der Waals surface area contributed by atoms with Gasteiger partial charge in [-0.25, -0.2) is 4.79 Å². The molecule has 0 spiro atoms. The molecule has 0 aromatic carbocycles. The van der Waals surface area contributed by atoms with E-state index in [0.29, 0.717) is 13.1 Å². The molecule has 12 heavy (non-hydrogen) atoms. The molecule has 5 heteroatoms. The molecule has 1 aliphatic heterocycles. The van der Waals surface area contributed by atoms with Gasteiger partial charge in [-0.05, 0) is 0 Å². The lowest BCUT2D eigenvalue weighted by molar-refractivity contribution is -0.142. The lowest BCUT2D eigenvalue weighted by atomic mass is 10.2. The molecular formula is C7H11N2O3+. The van der Waals surface area contributed by atoms with Crippen LogP contribution in [0, 0.1) is 6.19 Å². The Labute approximate surface area is 70.0 Å². The fraction of sp³-hybridized carbons (Fsp3) is 0.714. The van der Waals surface area contributed by atoms with Gasteiger partial charge in [0.05, 0.1) is 0 Å². The number of aliphatic hydroxyl groups is 1. The third-order valence-electron chi connectivity index (χ3n) is 1.72. The molecule has 66 valence electrons. The minimum absolute atomic E-state index is 0.130. The molecule has 0 saturated carbocycles. The third kappa shape index (κ3) is 1.86. The van der Waals surface area contributed by atoms with E-state index in [4.69, 9.17) is 10.2 Å². The van der Waals surface area contributed by atoms with Crippen molar-refractivity contribution in [2.24, 2.45) is 0 Å². The van der Waals surface area contributed by atoms with Crippen LogP contribution in [-0.4, -0.2) is 46.8 Å². The van der Waals surface area contributed by atoms with Crippen LogP contribution in [0.1, 0.15) is 6.42 Å². The smallest absolute Gasteiger partial charge is 0.372 e. The van der Waals surface area contributed by atoms with E-state index in [1.807, 2.05) is 0 Å². The summed E-state index contributed by atoms with van der Waals surface area (Å²) in [7, 11) is 0. The summed E-state index contributed by atoms with van der Waals surface area (Å²) in [5, 5.41) is 17.3. The number of rotatable bonds is 4. The summed E-state index contributed by atoms with van der Waals surface area (Å²) in [4.78, 5) is 15.9. The second-order valence-electron chi connectivity index (χ2n) is 2.54. The predicted molar refractivity (Wildman–Crippen MR) is 41.9 cm³/mol. The molecule has 0 bridgehead atoms. The van der Waals surface area contributed by atoms with Crippen LogP contribution in [0.3, 0.4) is 0 Å². The molecule has 1 unspecified atom stereocenters. The van der Waals surface area contributed by atoms with E-state index in [-0.39, 0.29) is 13.0 Å². The van der Waals surface area contributed by atoms with E-state index in [0.717, 1.165) is 0 Å². The Morgan fingerprint density at radius 2 is 2.50 bits per heavy atom. The van der Waals surface area contributed by atoms with Crippen molar-refractivity contribution < 1.29 is 15.0 Å². The minimum Gasteiger partial charge on any atom is -0.478 e. The van der Waals surface area contributed by atoms with Gasteiger partial charge in [-0.3, -0.25) is 0 Å². The van der Waals surface area contributed by atoms with Crippen molar-refractivity contribution in [1.29, 1.82) is 0 Å². The quantitative estimate of drug-likeness (QED) is 0.556. The van der Waals surface area contributed by atoms with Crippen molar-refractivity contribution in [3.05, 3.63) is 4.85 Å². The van der Waals surface area contributed by atoms with E-state index in [1.165, 1.54) is 4.90 Å². The molecule has 2 N–H and O–H groups in total. The average molecular weight is 171 g/mol. The number of aliphatic hydroxyl groups excluding tert-OH is 1. The van der Waals surface area contributed by atoms with Crippen molar-refractivity contribution in [2.75, 3.05) is 19.7 Å². The highest BCUT2D eigenvalue weighted by molar-refractivity contribution is 5.73. The molecule has 1 atom stereocenters. The molecule has 1 heterocycles. The highest BCUT2D eigenvalue weighted by Gasteiger charge is 2.32. The zero-order valence-electron chi connectivity index (χ0n) is 6.60. The van der Waals surface area contributed by atoms with Gasteiger partial charge in [-0.2, -0.15) is 9.74 Å². The van der Waals surface area contributed by atoms with Crippen molar-refractivity contribution in [2.45, 2.75) is 12.5 Å². The summed E-state index contributed by atoms with van der Waals surface area (Å²) >= 11 is 0. The first kappa shape index (κ1) is 8.81. The normalized spacial score (nSPS) is 16.9. The predicted octanol–water partition coefficient (Wildman–Crippen LogP) is -0.572. The van der Waals surface area contributed by atoms with E-state index in [9.17, 15) is 4.79 Å². The summed E-state index contributed by atoms with van der Waals surface area (Å²) in [6.45, 7) is 1.04. The van der Waals surface area contributed by atoms with E-state index < -0.39 is 12.0 Å². The number of carboxylic acid groups (broad SMARTS) is 1. The van der Waals surface area contributed by atoms with Crippen LogP contribution in [0.4, 0.5) is 0 Å². The van der Waals surface area contributed by atoms with Crippen LogP contribution in [0.5, 0.6) is 0 Å². The number of carbonyl (C=O) groups is 1. The standard InChI is InChI=1S/C7H10N2O3/c10-4-1-6(7(11)12)9-3-2-8-5-9/h6,10H,1-4H2/p+1. The first-order valence-corrected chi connectivity index (χ1v) is 3.78. The lowest BCUT2D eigenvalue weighted by Gasteiger charge is -2.11. The van der Waals surface area contributed by atoms with Crippen LogP contribution in [0.15, 0.2) is 0 Å². The van der Waals surface area contributed by atoms with Crippen LogP contribution in [-0.2, 0) is 4.79 Å². The molecule has 0 amide bonds. The zero-order valence-corrected chi connectivity index (χ0v) is 6.60. The highest BCUT2D eigenvalue weighted by atomic mass is 16.4. The second kappa shape index (κ2) is 3.93. The molecule has 1 rings (SSSR count). The maximum atomic E-state index is 10.6. The van der Waals surface area contributed by atoms with Gasteiger partial charge in [0.1, 0.15) is 6.54 Å². The van der Waals surface area contributed by atoms with Gasteiger partial charge < -0.3 is 10.2 Å². The highest BCUT2D eigenvalue weighted by Crippen LogP contribution is 2.06. The fourth-order valence-corrected chi connectivity index (χ4v) is 1.11. The first-order chi connectivity index (χ1) is 5.75. The second-order valence-corrected chi connectivity index (χ2v) is 2.54. The number of aliphatic carboxylic acids is 1. The molecule has 0 radical (unpaired) electrons. The van der Waals surface area contributed by atoms with Gasteiger partial charge >= 0.3 is 12.2 Å². The zero-order chi connectivity index (χ0) is 8.97. The van der Waals surface area contributed by atoms with Gasteiger partial charge in [0.15, 0.2) is 0 Å². The monoisotopic (exact) mass is 171 g/mol. The fourth-order valence-electron chi connectivity index (χ4n) is 1.11. The van der Waals surface area contributed by atoms with Crippen molar-refractivity contribution in [3.63, 3.8) is 0 Å². The first-order valence-electron chi connectivity index (χ1n) is 3.78. The molecule has 0 aromatic heterocycles. The van der Waals surface area contributed by atoms with E-state index in [1.54, 1.807) is 0 Å². The van der Waals surface area contributed by atoms with Gasteiger partial charge in [-0.15, -0.1) is 0 Å². The summed E-state index contributed by atoms with van der Waals surface area (Å²) in [5.41, 5.74) is 0. The Balaban J connectivity index is 2.54. The van der Waals surface area contributed by atoms with Crippen LogP contribution in [0.25, 0.3) is 4.85 Å². The summed E-state index contributed by atoms with van der Waals surface area (Å²) < 4.78 is 0. The number of hydrogen-bond acceptors (Lipinski definition) is 3.